The summed E-state index contributed by atoms with van der Waals surface area (Å²) >= 11 is 6.12. The summed E-state index contributed by atoms with van der Waals surface area (Å²) in [7, 11) is 1.65. The molecular formula is C13H15ClO. The third kappa shape index (κ3) is 3.80. The van der Waals surface area contributed by atoms with Crippen molar-refractivity contribution in [2.24, 2.45) is 0 Å². The molecule has 2 heteroatoms. The molecule has 0 unspecified atom stereocenters. The van der Waals surface area contributed by atoms with Crippen LogP contribution in [-0.2, 0) is 0 Å². The van der Waals surface area contributed by atoms with Crippen LogP contribution in [0, 0.1) is 0 Å². The van der Waals surface area contributed by atoms with Gasteiger partial charge in [-0.3, -0.25) is 0 Å². The standard InChI is InChI=1S/C13H15ClO/c1-10(2)4-9-13(14)11-5-7-12(15-3)8-6-11/h4-9H,1-3H3. The molecule has 0 amide bonds. The second-order valence-corrected chi connectivity index (χ2v) is 3.89. The highest BCUT2D eigenvalue weighted by Crippen LogP contribution is 2.21. The lowest BCUT2D eigenvalue weighted by Gasteiger charge is -2.01. The minimum Gasteiger partial charge on any atom is -0.497 e. The van der Waals surface area contributed by atoms with Gasteiger partial charge in [-0.2, -0.15) is 0 Å². The zero-order valence-corrected chi connectivity index (χ0v) is 10.0. The Labute approximate surface area is 96.0 Å². The fourth-order valence-electron chi connectivity index (χ4n) is 1.09. The molecule has 1 rings (SSSR count). The molecule has 0 saturated carbocycles. The number of rotatable bonds is 3. The van der Waals surface area contributed by atoms with Crippen LogP contribution in [0.5, 0.6) is 5.75 Å². The van der Waals surface area contributed by atoms with Gasteiger partial charge in [0.15, 0.2) is 0 Å². The predicted molar refractivity (Wildman–Crippen MR) is 66.3 cm³/mol. The summed E-state index contributed by atoms with van der Waals surface area (Å²) < 4.78 is 5.07. The molecule has 15 heavy (non-hydrogen) atoms. The molecule has 0 atom stereocenters. The van der Waals surface area contributed by atoms with Gasteiger partial charge < -0.3 is 4.74 Å². The van der Waals surface area contributed by atoms with Crippen molar-refractivity contribution < 1.29 is 4.74 Å². The first-order valence-electron chi connectivity index (χ1n) is 4.78. The van der Waals surface area contributed by atoms with E-state index in [1.54, 1.807) is 7.11 Å². The summed E-state index contributed by atoms with van der Waals surface area (Å²) in [4.78, 5) is 0. The quantitative estimate of drug-likeness (QED) is 0.695. The monoisotopic (exact) mass is 222 g/mol. The van der Waals surface area contributed by atoms with E-state index < -0.39 is 0 Å². The van der Waals surface area contributed by atoms with Gasteiger partial charge in [0.1, 0.15) is 5.75 Å². The molecule has 0 aromatic heterocycles. The van der Waals surface area contributed by atoms with Crippen LogP contribution in [0.2, 0.25) is 0 Å². The van der Waals surface area contributed by atoms with Crippen LogP contribution < -0.4 is 4.74 Å². The number of methoxy groups -OCH3 is 1. The van der Waals surface area contributed by atoms with Crippen molar-refractivity contribution in [1.29, 1.82) is 0 Å². The van der Waals surface area contributed by atoms with Crippen molar-refractivity contribution in [3.63, 3.8) is 0 Å². The predicted octanol–water partition coefficient (Wildman–Crippen LogP) is 4.24. The van der Waals surface area contributed by atoms with Gasteiger partial charge in [0.25, 0.3) is 0 Å². The highest BCUT2D eigenvalue weighted by molar-refractivity contribution is 6.48. The Hall–Kier alpha value is -1.21. The van der Waals surface area contributed by atoms with Gasteiger partial charge in [-0.05, 0) is 49.8 Å². The molecule has 0 fully saturated rings. The van der Waals surface area contributed by atoms with E-state index in [4.69, 9.17) is 16.3 Å². The Kier molecular flexibility index (Phi) is 4.44. The molecule has 1 nitrogen and oxygen atoms in total. The Bertz CT molecular complexity index is 370. The van der Waals surface area contributed by atoms with E-state index in [9.17, 15) is 0 Å². The smallest absolute Gasteiger partial charge is 0.118 e. The van der Waals surface area contributed by atoms with Crippen molar-refractivity contribution in [2.75, 3.05) is 7.11 Å². The molecule has 0 bridgehead atoms. The van der Waals surface area contributed by atoms with Crippen molar-refractivity contribution in [2.45, 2.75) is 13.8 Å². The molecule has 1 aromatic carbocycles. The topological polar surface area (TPSA) is 9.23 Å². The molecule has 80 valence electrons. The highest BCUT2D eigenvalue weighted by atomic mass is 35.5. The van der Waals surface area contributed by atoms with E-state index in [0.717, 1.165) is 16.3 Å². The van der Waals surface area contributed by atoms with Gasteiger partial charge in [0.05, 0.1) is 7.11 Å². The Morgan fingerprint density at radius 3 is 2.20 bits per heavy atom. The van der Waals surface area contributed by atoms with Gasteiger partial charge in [0, 0.05) is 5.03 Å². The van der Waals surface area contributed by atoms with Gasteiger partial charge in [-0.1, -0.05) is 23.3 Å². The van der Waals surface area contributed by atoms with Gasteiger partial charge in [-0.15, -0.1) is 0 Å². The highest BCUT2D eigenvalue weighted by Gasteiger charge is 1.97. The van der Waals surface area contributed by atoms with Crippen LogP contribution >= 0.6 is 11.6 Å². The summed E-state index contributed by atoms with van der Waals surface area (Å²) in [6.45, 7) is 4.07. The second kappa shape index (κ2) is 5.62. The van der Waals surface area contributed by atoms with E-state index in [0.29, 0.717) is 0 Å². The first-order valence-corrected chi connectivity index (χ1v) is 5.16. The lowest BCUT2D eigenvalue weighted by Crippen LogP contribution is -1.82. The van der Waals surface area contributed by atoms with Gasteiger partial charge in [0.2, 0.25) is 0 Å². The fourth-order valence-corrected chi connectivity index (χ4v) is 1.28. The molecule has 0 aliphatic carbocycles. The van der Waals surface area contributed by atoms with Crippen molar-refractivity contribution >= 4 is 16.6 Å². The van der Waals surface area contributed by atoms with Crippen molar-refractivity contribution in [1.82, 2.24) is 0 Å². The number of hydrogen-bond donors (Lipinski definition) is 0. The normalized spacial score (nSPS) is 11.1. The minimum absolute atomic E-state index is 0.735. The van der Waals surface area contributed by atoms with Crippen LogP contribution in [0.3, 0.4) is 0 Å². The molecule has 0 radical (unpaired) electrons. The summed E-state index contributed by atoms with van der Waals surface area (Å²) in [5.41, 5.74) is 2.22. The van der Waals surface area contributed by atoms with E-state index >= 15 is 0 Å². The molecular weight excluding hydrogens is 208 g/mol. The summed E-state index contributed by atoms with van der Waals surface area (Å²) in [5.74, 6) is 0.838. The summed E-state index contributed by atoms with van der Waals surface area (Å²) in [6.07, 6.45) is 3.89. The van der Waals surface area contributed by atoms with E-state index in [1.165, 1.54) is 5.57 Å². The van der Waals surface area contributed by atoms with Crippen LogP contribution in [0.1, 0.15) is 19.4 Å². The number of ether oxygens (including phenoxy) is 1. The lowest BCUT2D eigenvalue weighted by atomic mass is 10.2. The first-order chi connectivity index (χ1) is 7.13. The Balaban J connectivity index is 2.87. The lowest BCUT2D eigenvalue weighted by molar-refractivity contribution is 0.415. The van der Waals surface area contributed by atoms with Crippen LogP contribution in [-0.4, -0.2) is 7.11 Å². The maximum Gasteiger partial charge on any atom is 0.118 e. The molecule has 0 aliphatic heterocycles. The van der Waals surface area contributed by atoms with E-state index in [1.807, 2.05) is 50.3 Å². The van der Waals surface area contributed by atoms with Crippen LogP contribution in [0.25, 0.3) is 5.03 Å². The molecule has 0 aliphatic rings. The fraction of sp³-hybridized carbons (Fsp3) is 0.231. The number of allylic oxidation sites excluding steroid dienone is 3. The average molecular weight is 223 g/mol. The Morgan fingerprint density at radius 2 is 1.73 bits per heavy atom. The molecule has 0 heterocycles. The maximum atomic E-state index is 6.12. The maximum absolute atomic E-state index is 6.12. The number of halogens is 1. The average Bonchev–Trinajstić information content (AvgIpc) is 2.26. The van der Waals surface area contributed by atoms with Crippen LogP contribution in [0.4, 0.5) is 0 Å². The van der Waals surface area contributed by atoms with E-state index in [-0.39, 0.29) is 0 Å². The zero-order chi connectivity index (χ0) is 11.3. The van der Waals surface area contributed by atoms with Crippen molar-refractivity contribution in [3.05, 3.63) is 47.6 Å². The van der Waals surface area contributed by atoms with Crippen molar-refractivity contribution in [3.8, 4) is 5.75 Å². The summed E-state index contributed by atoms with van der Waals surface area (Å²) in [5, 5.41) is 0.735. The SMILES string of the molecule is COc1ccc(C(Cl)=CC=C(C)C)cc1. The molecule has 0 N–H and O–H groups in total. The minimum atomic E-state index is 0.735. The van der Waals surface area contributed by atoms with E-state index in [2.05, 4.69) is 0 Å². The molecule has 1 aromatic rings. The van der Waals surface area contributed by atoms with Gasteiger partial charge >= 0.3 is 0 Å². The third-order valence-corrected chi connectivity index (χ3v) is 2.27. The molecule has 0 saturated heterocycles. The first kappa shape index (κ1) is 11.9. The third-order valence-electron chi connectivity index (χ3n) is 1.93. The summed E-state index contributed by atoms with van der Waals surface area (Å²) in [6, 6.07) is 7.68. The number of hydrogen-bond acceptors (Lipinski definition) is 1. The Morgan fingerprint density at radius 1 is 1.13 bits per heavy atom. The zero-order valence-electron chi connectivity index (χ0n) is 9.25. The number of benzene rings is 1. The van der Waals surface area contributed by atoms with Crippen LogP contribution in [0.15, 0.2) is 42.0 Å². The van der Waals surface area contributed by atoms with Gasteiger partial charge in [-0.25, -0.2) is 0 Å². The largest absolute Gasteiger partial charge is 0.497 e. The second-order valence-electron chi connectivity index (χ2n) is 3.49. The molecule has 0 spiro atoms.